The molecule has 286 valence electrons. The van der Waals surface area contributed by atoms with Gasteiger partial charge in [0.15, 0.2) is 0 Å². The number of benzene rings is 9. The molecule has 3 aliphatic rings. The van der Waals surface area contributed by atoms with Gasteiger partial charge in [-0.15, -0.1) is 0 Å². The van der Waals surface area contributed by atoms with Crippen LogP contribution < -0.4 is 4.90 Å². The van der Waals surface area contributed by atoms with Crippen molar-refractivity contribution in [2.75, 3.05) is 4.90 Å². The summed E-state index contributed by atoms with van der Waals surface area (Å²) in [6.45, 7) is 0. The van der Waals surface area contributed by atoms with Crippen molar-refractivity contribution in [3.05, 3.63) is 223 Å². The van der Waals surface area contributed by atoms with Crippen molar-refractivity contribution in [2.45, 2.75) is 31.1 Å². The summed E-state index contributed by atoms with van der Waals surface area (Å²) in [6.07, 6.45) is 5.38. The van der Waals surface area contributed by atoms with Crippen LogP contribution in [0, 0.1) is 11.8 Å². The molecule has 2 fully saturated rings. The normalized spacial score (nSPS) is 18.5. The van der Waals surface area contributed by atoms with Crippen LogP contribution in [0.5, 0.6) is 0 Å². The number of nitrogens with zero attached hydrogens (tertiary/aromatic N) is 1. The fourth-order valence-corrected chi connectivity index (χ4v) is 11.7. The molecule has 2 bridgehead atoms. The molecule has 1 nitrogen and oxygen atoms in total. The molecule has 0 saturated heterocycles. The lowest BCUT2D eigenvalue weighted by Gasteiger charge is -2.36. The first-order chi connectivity index (χ1) is 29.7. The molecule has 9 aromatic carbocycles. The summed E-state index contributed by atoms with van der Waals surface area (Å²) >= 11 is 0. The Bertz CT molecular complexity index is 3060. The van der Waals surface area contributed by atoms with Crippen molar-refractivity contribution < 1.29 is 0 Å². The summed E-state index contributed by atoms with van der Waals surface area (Å²) in [6, 6.07) is 79.0. The maximum atomic E-state index is 2.51. The highest BCUT2D eigenvalue weighted by Crippen LogP contribution is 2.66. The van der Waals surface area contributed by atoms with E-state index in [2.05, 4.69) is 217 Å². The van der Waals surface area contributed by atoms with Crippen LogP contribution in [0.15, 0.2) is 212 Å². The van der Waals surface area contributed by atoms with E-state index in [1.165, 1.54) is 97.8 Å². The molecule has 0 amide bonds. The second kappa shape index (κ2) is 14.1. The van der Waals surface area contributed by atoms with Gasteiger partial charge in [-0.3, -0.25) is 0 Å². The van der Waals surface area contributed by atoms with E-state index >= 15 is 0 Å². The molecular weight excluding hydrogens is 723 g/mol. The van der Waals surface area contributed by atoms with Crippen LogP contribution in [0.3, 0.4) is 0 Å². The van der Waals surface area contributed by atoms with E-state index < -0.39 is 0 Å². The second-order valence-corrected chi connectivity index (χ2v) is 17.2. The third kappa shape index (κ3) is 5.46. The maximum Gasteiger partial charge on any atom is 0.0540 e. The molecule has 0 aliphatic heterocycles. The van der Waals surface area contributed by atoms with E-state index in [4.69, 9.17) is 0 Å². The van der Waals surface area contributed by atoms with Crippen LogP contribution in [-0.4, -0.2) is 0 Å². The van der Waals surface area contributed by atoms with Crippen LogP contribution in [0.2, 0.25) is 0 Å². The topological polar surface area (TPSA) is 3.24 Å². The lowest BCUT2D eigenvalue weighted by atomic mass is 9.67. The zero-order valence-corrected chi connectivity index (χ0v) is 33.6. The van der Waals surface area contributed by atoms with Crippen LogP contribution in [-0.2, 0) is 5.41 Å². The summed E-state index contributed by atoms with van der Waals surface area (Å²) in [4.78, 5) is 2.51. The Morgan fingerprint density at radius 3 is 1.72 bits per heavy atom. The smallest absolute Gasteiger partial charge is 0.0540 e. The first kappa shape index (κ1) is 35.0. The van der Waals surface area contributed by atoms with Crippen LogP contribution in [0.4, 0.5) is 17.1 Å². The first-order valence-electron chi connectivity index (χ1n) is 21.7. The van der Waals surface area contributed by atoms with Crippen molar-refractivity contribution >= 4 is 27.8 Å². The molecule has 1 heteroatoms. The van der Waals surface area contributed by atoms with E-state index in [-0.39, 0.29) is 5.41 Å². The van der Waals surface area contributed by atoms with Crippen molar-refractivity contribution in [3.63, 3.8) is 0 Å². The molecule has 0 heterocycles. The van der Waals surface area contributed by atoms with Gasteiger partial charge < -0.3 is 4.90 Å². The van der Waals surface area contributed by atoms with Crippen LogP contribution >= 0.6 is 0 Å². The predicted molar refractivity (Wildman–Crippen MR) is 252 cm³/mol. The first-order valence-corrected chi connectivity index (χ1v) is 21.7. The molecule has 60 heavy (non-hydrogen) atoms. The monoisotopic (exact) mass is 767 g/mol. The Kier molecular flexibility index (Phi) is 8.23. The lowest BCUT2D eigenvalue weighted by Crippen LogP contribution is -2.31. The maximum absolute atomic E-state index is 2.51. The molecule has 0 radical (unpaired) electrons. The highest BCUT2D eigenvalue weighted by molar-refractivity contribution is 5.99. The van der Waals surface area contributed by atoms with E-state index in [0.29, 0.717) is 0 Å². The third-order valence-corrected chi connectivity index (χ3v) is 14.2. The minimum atomic E-state index is 0.140. The van der Waals surface area contributed by atoms with Crippen molar-refractivity contribution in [3.8, 4) is 55.6 Å². The highest BCUT2D eigenvalue weighted by Gasteiger charge is 2.56. The number of hydrogen-bond acceptors (Lipinski definition) is 1. The molecule has 2 saturated carbocycles. The van der Waals surface area contributed by atoms with Gasteiger partial charge >= 0.3 is 0 Å². The van der Waals surface area contributed by atoms with Gasteiger partial charge in [0, 0.05) is 22.4 Å². The Labute approximate surface area is 353 Å². The Morgan fingerprint density at radius 1 is 0.383 bits per heavy atom. The van der Waals surface area contributed by atoms with Crippen molar-refractivity contribution in [2.24, 2.45) is 11.8 Å². The summed E-state index contributed by atoms with van der Waals surface area (Å²) in [5, 5.41) is 2.53. The average Bonchev–Trinajstić information content (AvgIpc) is 4.02. The fourth-order valence-electron chi connectivity index (χ4n) is 11.7. The standard InChI is InChI=1S/C59H45N/c1-2-15-41(16-3-1)49-20-6-7-21-50(49)51-22-8-9-23-52(51)54-25-11-13-28-58(54)60(45-33-30-43(31-34-45)48-26-14-18-42-17-4-5-19-47(42)48)46-35-36-57-55(38-46)53-24-10-12-27-56(53)59(57)39-40-29-32-44(59)37-40/h1-28,30-31,33-36,38,40,44H,29,32,37,39H2. The van der Waals surface area contributed by atoms with Crippen LogP contribution in [0.25, 0.3) is 66.4 Å². The Hall–Kier alpha value is -6.96. The van der Waals surface area contributed by atoms with Gasteiger partial charge in [-0.25, -0.2) is 0 Å². The molecule has 1 spiro atoms. The van der Waals surface area contributed by atoms with Gasteiger partial charge in [0.05, 0.1) is 5.69 Å². The largest absolute Gasteiger partial charge is 0.310 e. The van der Waals surface area contributed by atoms with Gasteiger partial charge in [-0.1, -0.05) is 188 Å². The molecule has 3 unspecified atom stereocenters. The summed E-state index contributed by atoms with van der Waals surface area (Å²) in [7, 11) is 0. The summed E-state index contributed by atoms with van der Waals surface area (Å²) in [5.74, 6) is 1.56. The molecule has 0 N–H and O–H groups in total. The third-order valence-electron chi connectivity index (χ3n) is 14.2. The van der Waals surface area contributed by atoms with E-state index in [1.54, 1.807) is 11.1 Å². The molecule has 9 aromatic rings. The Morgan fingerprint density at radius 2 is 0.950 bits per heavy atom. The van der Waals surface area contributed by atoms with Gasteiger partial charge in [0.1, 0.15) is 0 Å². The molecular formula is C59H45N. The minimum Gasteiger partial charge on any atom is -0.310 e. The number of fused-ring (bicyclic) bond motifs is 9. The summed E-state index contributed by atoms with van der Waals surface area (Å²) < 4.78 is 0. The van der Waals surface area contributed by atoms with E-state index in [0.717, 1.165) is 23.2 Å². The molecule has 3 aliphatic carbocycles. The zero-order valence-electron chi connectivity index (χ0n) is 33.6. The van der Waals surface area contributed by atoms with E-state index in [9.17, 15) is 0 Å². The van der Waals surface area contributed by atoms with Gasteiger partial charge in [0.25, 0.3) is 0 Å². The number of hydrogen-bond donors (Lipinski definition) is 0. The number of anilines is 3. The average molecular weight is 768 g/mol. The molecule has 0 aromatic heterocycles. The van der Waals surface area contributed by atoms with Crippen molar-refractivity contribution in [1.29, 1.82) is 0 Å². The predicted octanol–water partition coefficient (Wildman–Crippen LogP) is 16.1. The van der Waals surface area contributed by atoms with E-state index in [1.807, 2.05) is 0 Å². The van der Waals surface area contributed by atoms with Crippen LogP contribution in [0.1, 0.15) is 36.8 Å². The molecule has 12 rings (SSSR count). The fraction of sp³-hybridized carbons (Fsp3) is 0.119. The molecule has 3 atom stereocenters. The zero-order chi connectivity index (χ0) is 39.6. The second-order valence-electron chi connectivity index (χ2n) is 17.2. The summed E-state index contributed by atoms with van der Waals surface area (Å²) in [5.41, 5.74) is 19.3. The number of para-hydroxylation sites is 1. The lowest BCUT2D eigenvalue weighted by molar-refractivity contribution is 0.327. The highest BCUT2D eigenvalue weighted by atomic mass is 15.1. The quantitative estimate of drug-likeness (QED) is 0.156. The number of rotatable bonds is 7. The Balaban J connectivity index is 1.05. The minimum absolute atomic E-state index is 0.140. The van der Waals surface area contributed by atoms with Gasteiger partial charge in [0.2, 0.25) is 0 Å². The van der Waals surface area contributed by atoms with Gasteiger partial charge in [-0.2, -0.15) is 0 Å². The van der Waals surface area contributed by atoms with Crippen molar-refractivity contribution in [1.82, 2.24) is 0 Å². The van der Waals surface area contributed by atoms with Gasteiger partial charge in [-0.05, 0) is 133 Å². The SMILES string of the molecule is c1ccc(-c2ccccc2-c2ccccc2-c2ccccc2N(c2ccc(-c3cccc4ccccc34)cc2)c2ccc3c(c2)-c2ccccc2C32CC3CCC2C3)cc1.